The zero-order chi connectivity index (χ0) is 20.0. The standard InChI is InChI=1S/C22H17N5O2/c1-13-11-20(28)26-27(13)15-6-4-14(5-7-15)24-12-17-21-16-3-2-10-23-18(16)8-9-19(21)25-22(17)29/h2-12,17H,1H3,(H,25,29)(H,26,28). The Labute approximate surface area is 165 Å². The maximum Gasteiger partial charge on any atom is 0.264 e. The average molecular weight is 383 g/mol. The van der Waals surface area contributed by atoms with E-state index in [1.165, 1.54) is 0 Å². The highest BCUT2D eigenvalue weighted by molar-refractivity contribution is 6.16. The summed E-state index contributed by atoms with van der Waals surface area (Å²) < 4.78 is 1.72. The van der Waals surface area contributed by atoms with Gasteiger partial charge in [0.05, 0.1) is 16.9 Å². The lowest BCUT2D eigenvalue weighted by Crippen LogP contribution is -2.13. The van der Waals surface area contributed by atoms with Crippen LogP contribution in [0.2, 0.25) is 0 Å². The van der Waals surface area contributed by atoms with Crippen LogP contribution in [0.25, 0.3) is 16.6 Å². The number of nitrogens with one attached hydrogen (secondary N) is 2. The Hall–Kier alpha value is -4.00. The highest BCUT2D eigenvalue weighted by Gasteiger charge is 2.31. The lowest BCUT2D eigenvalue weighted by Gasteiger charge is -2.07. The molecule has 0 aliphatic carbocycles. The predicted octanol–water partition coefficient (Wildman–Crippen LogP) is 3.46. The lowest BCUT2D eigenvalue weighted by atomic mass is 9.97. The number of nitrogens with zero attached hydrogens (tertiary/aromatic N) is 3. The number of aromatic amines is 1. The fraction of sp³-hybridized carbons (Fsp3) is 0.0909. The number of rotatable bonds is 3. The van der Waals surface area contributed by atoms with Crippen LogP contribution < -0.4 is 10.9 Å². The topological polar surface area (TPSA) is 92.1 Å². The van der Waals surface area contributed by atoms with Crippen LogP contribution in [0.5, 0.6) is 0 Å². The fourth-order valence-electron chi connectivity index (χ4n) is 3.70. The van der Waals surface area contributed by atoms with Gasteiger partial charge in [0, 0.05) is 40.8 Å². The molecule has 0 saturated carbocycles. The molecular weight excluding hydrogens is 366 g/mol. The van der Waals surface area contributed by atoms with Crippen LogP contribution >= 0.6 is 0 Å². The van der Waals surface area contributed by atoms with Crippen LogP contribution in [0.1, 0.15) is 17.2 Å². The number of hydrogen-bond acceptors (Lipinski definition) is 4. The lowest BCUT2D eigenvalue weighted by molar-refractivity contribution is -0.115. The van der Waals surface area contributed by atoms with Gasteiger partial charge in [-0.25, -0.2) is 0 Å². The van der Waals surface area contributed by atoms with Crippen molar-refractivity contribution in [2.24, 2.45) is 4.99 Å². The summed E-state index contributed by atoms with van der Waals surface area (Å²) in [5.41, 5.74) is 4.80. The van der Waals surface area contributed by atoms with Crippen molar-refractivity contribution in [3.8, 4) is 5.69 Å². The number of aromatic nitrogens is 3. The molecule has 3 heterocycles. The second-order valence-corrected chi connectivity index (χ2v) is 6.96. The molecule has 7 heteroatoms. The van der Waals surface area contributed by atoms with E-state index in [4.69, 9.17) is 0 Å². The number of H-pyrrole nitrogens is 1. The van der Waals surface area contributed by atoms with Gasteiger partial charge in [-0.1, -0.05) is 6.07 Å². The molecule has 1 atom stereocenters. The Bertz CT molecular complexity index is 1330. The molecule has 1 amide bonds. The predicted molar refractivity (Wildman–Crippen MR) is 112 cm³/mol. The molecular formula is C22H17N5O2. The molecule has 0 fully saturated rings. The van der Waals surface area contributed by atoms with Gasteiger partial charge in [0.1, 0.15) is 5.92 Å². The fourth-order valence-corrected chi connectivity index (χ4v) is 3.70. The van der Waals surface area contributed by atoms with Gasteiger partial charge in [0.25, 0.3) is 5.56 Å². The highest BCUT2D eigenvalue weighted by atomic mass is 16.2. The maximum absolute atomic E-state index is 12.5. The van der Waals surface area contributed by atoms with Crippen LogP contribution in [0.15, 0.2) is 70.6 Å². The molecule has 2 N–H and O–H groups in total. The minimum absolute atomic E-state index is 0.0998. The molecule has 0 bridgehead atoms. The quantitative estimate of drug-likeness (QED) is 0.531. The summed E-state index contributed by atoms with van der Waals surface area (Å²) in [5, 5.41) is 6.62. The van der Waals surface area contributed by atoms with Gasteiger partial charge in [-0.15, -0.1) is 0 Å². The summed E-state index contributed by atoms with van der Waals surface area (Å²) in [6.07, 6.45) is 3.41. The van der Waals surface area contributed by atoms with Crippen molar-refractivity contribution in [3.05, 3.63) is 82.4 Å². The van der Waals surface area contributed by atoms with E-state index in [2.05, 4.69) is 20.4 Å². The summed E-state index contributed by atoms with van der Waals surface area (Å²) in [6, 6.07) is 16.6. The smallest absolute Gasteiger partial charge is 0.264 e. The second kappa shape index (κ2) is 6.56. The first-order chi connectivity index (χ1) is 14.1. The third-order valence-corrected chi connectivity index (χ3v) is 5.07. The van der Waals surface area contributed by atoms with E-state index in [0.29, 0.717) is 0 Å². The van der Waals surface area contributed by atoms with E-state index in [0.717, 1.165) is 39.2 Å². The van der Waals surface area contributed by atoms with Crippen molar-refractivity contribution >= 4 is 34.4 Å². The summed E-state index contributed by atoms with van der Waals surface area (Å²) in [6.45, 7) is 1.86. The zero-order valence-electron chi connectivity index (χ0n) is 15.6. The van der Waals surface area contributed by atoms with E-state index in [-0.39, 0.29) is 11.5 Å². The third-order valence-electron chi connectivity index (χ3n) is 5.07. The molecule has 7 nitrogen and oxygen atoms in total. The minimum atomic E-state index is -0.472. The number of aryl methyl sites for hydroxylation is 1. The summed E-state index contributed by atoms with van der Waals surface area (Å²) >= 11 is 0. The number of pyridine rings is 1. The Morgan fingerprint density at radius 3 is 2.69 bits per heavy atom. The zero-order valence-corrected chi connectivity index (χ0v) is 15.6. The molecule has 1 aliphatic rings. The van der Waals surface area contributed by atoms with Gasteiger partial charge in [-0.05, 0) is 49.4 Å². The molecule has 0 saturated heterocycles. The maximum atomic E-state index is 12.5. The molecule has 1 aliphatic heterocycles. The van der Waals surface area contributed by atoms with Crippen LogP contribution in [0.3, 0.4) is 0 Å². The molecule has 5 rings (SSSR count). The van der Waals surface area contributed by atoms with Gasteiger partial charge < -0.3 is 5.32 Å². The summed E-state index contributed by atoms with van der Waals surface area (Å²) in [4.78, 5) is 32.9. The number of benzene rings is 2. The first-order valence-corrected chi connectivity index (χ1v) is 9.22. The highest BCUT2D eigenvalue weighted by Crippen LogP contribution is 2.37. The van der Waals surface area contributed by atoms with Gasteiger partial charge in [-0.2, -0.15) is 0 Å². The number of carbonyl (C=O) groups is 1. The van der Waals surface area contributed by atoms with E-state index in [1.54, 1.807) is 23.2 Å². The Morgan fingerprint density at radius 1 is 1.10 bits per heavy atom. The Balaban J connectivity index is 1.47. The molecule has 29 heavy (non-hydrogen) atoms. The van der Waals surface area contributed by atoms with Gasteiger partial charge in [0.15, 0.2) is 0 Å². The van der Waals surface area contributed by atoms with Crippen LogP contribution in [-0.2, 0) is 4.79 Å². The first kappa shape index (κ1) is 17.1. The van der Waals surface area contributed by atoms with Crippen molar-refractivity contribution in [2.45, 2.75) is 12.8 Å². The number of aliphatic imine (C=N–C) groups is 1. The van der Waals surface area contributed by atoms with E-state index >= 15 is 0 Å². The van der Waals surface area contributed by atoms with E-state index < -0.39 is 5.92 Å². The number of anilines is 1. The summed E-state index contributed by atoms with van der Waals surface area (Å²) in [7, 11) is 0. The number of amides is 1. The molecule has 1 unspecified atom stereocenters. The molecule has 0 spiro atoms. The van der Waals surface area contributed by atoms with E-state index in [9.17, 15) is 9.59 Å². The number of carbonyl (C=O) groups excluding carboxylic acids is 1. The van der Waals surface area contributed by atoms with Crippen molar-refractivity contribution in [1.29, 1.82) is 0 Å². The van der Waals surface area contributed by atoms with Gasteiger partial charge in [0.2, 0.25) is 5.91 Å². The minimum Gasteiger partial charge on any atom is -0.325 e. The SMILES string of the molecule is Cc1cc(=O)[nH]n1-c1ccc(N=CC2C(=O)Nc3ccc4ncccc4c32)cc1. The van der Waals surface area contributed by atoms with Gasteiger partial charge in [-0.3, -0.25) is 29.3 Å². The number of fused-ring (bicyclic) bond motifs is 3. The molecule has 142 valence electrons. The van der Waals surface area contributed by atoms with Crippen molar-refractivity contribution in [1.82, 2.24) is 14.8 Å². The van der Waals surface area contributed by atoms with Crippen molar-refractivity contribution in [3.63, 3.8) is 0 Å². The second-order valence-electron chi connectivity index (χ2n) is 6.96. The Morgan fingerprint density at radius 2 is 1.93 bits per heavy atom. The van der Waals surface area contributed by atoms with Crippen LogP contribution in [-0.4, -0.2) is 26.9 Å². The van der Waals surface area contributed by atoms with E-state index in [1.807, 2.05) is 55.5 Å². The van der Waals surface area contributed by atoms with Crippen molar-refractivity contribution in [2.75, 3.05) is 5.32 Å². The number of hydrogen-bond donors (Lipinski definition) is 2. The third kappa shape index (κ3) is 2.93. The molecule has 2 aromatic carbocycles. The van der Waals surface area contributed by atoms with Crippen molar-refractivity contribution < 1.29 is 4.79 Å². The van der Waals surface area contributed by atoms with Crippen LogP contribution in [0, 0.1) is 6.92 Å². The molecule has 2 aromatic heterocycles. The average Bonchev–Trinajstić information content (AvgIpc) is 3.24. The Kier molecular flexibility index (Phi) is 3.87. The van der Waals surface area contributed by atoms with Crippen LogP contribution in [0.4, 0.5) is 11.4 Å². The van der Waals surface area contributed by atoms with Gasteiger partial charge >= 0.3 is 0 Å². The normalized spacial score (nSPS) is 15.8. The first-order valence-electron chi connectivity index (χ1n) is 9.22. The molecule has 0 radical (unpaired) electrons. The largest absolute Gasteiger partial charge is 0.325 e. The molecule has 4 aromatic rings. The monoisotopic (exact) mass is 383 g/mol. The summed E-state index contributed by atoms with van der Waals surface area (Å²) in [5.74, 6) is -0.571.